The zero-order chi connectivity index (χ0) is 28.7. The van der Waals surface area contributed by atoms with Crippen LogP contribution in [-0.4, -0.2) is 47.4 Å². The molecule has 0 aromatic heterocycles. The summed E-state index contributed by atoms with van der Waals surface area (Å²) in [6.45, 7) is 3.95. The van der Waals surface area contributed by atoms with Crippen molar-refractivity contribution in [2.75, 3.05) is 0 Å². The van der Waals surface area contributed by atoms with Crippen LogP contribution in [0.1, 0.15) is 57.9 Å². The van der Waals surface area contributed by atoms with E-state index in [0.29, 0.717) is 29.3 Å². The summed E-state index contributed by atoms with van der Waals surface area (Å²) >= 11 is 12.3. The van der Waals surface area contributed by atoms with Gasteiger partial charge in [-0.25, -0.2) is 17.2 Å². The van der Waals surface area contributed by atoms with Crippen LogP contribution in [0.2, 0.25) is 10.0 Å². The number of rotatable bonds is 9. The van der Waals surface area contributed by atoms with Gasteiger partial charge < -0.3 is 5.32 Å². The number of sulfonamides is 1. The van der Waals surface area contributed by atoms with Crippen LogP contribution in [-0.2, 0) is 21.4 Å². The van der Waals surface area contributed by atoms with E-state index >= 15 is 0 Å². The molecule has 2 aromatic rings. The van der Waals surface area contributed by atoms with Crippen LogP contribution in [0.15, 0.2) is 58.4 Å². The van der Waals surface area contributed by atoms with Crippen molar-refractivity contribution in [2.24, 2.45) is 16.3 Å². The van der Waals surface area contributed by atoms with Crippen LogP contribution in [0, 0.1) is 11.3 Å². The summed E-state index contributed by atoms with van der Waals surface area (Å²) in [5, 5.41) is 4.20. The highest BCUT2D eigenvalue weighted by Gasteiger charge is 2.75. The van der Waals surface area contributed by atoms with Crippen molar-refractivity contribution < 1.29 is 22.0 Å². The number of Topliss-reactive ketones (excluding diaryl/α,β-unsaturated/α-hetero) is 1. The summed E-state index contributed by atoms with van der Waals surface area (Å²) in [6, 6.07) is 12.9. The molecule has 2 aromatic carbocycles. The summed E-state index contributed by atoms with van der Waals surface area (Å²) < 4.78 is 56.0. The number of nitrogens with one attached hydrogen (secondary N) is 1. The number of hydrogen-bond acceptors (Lipinski definition) is 5. The summed E-state index contributed by atoms with van der Waals surface area (Å²) in [5.74, 6) is -2.36. The van der Waals surface area contributed by atoms with E-state index in [1.54, 1.807) is 52.8 Å². The minimum atomic E-state index is -3.84. The van der Waals surface area contributed by atoms with Crippen LogP contribution in [0.4, 0.5) is 8.78 Å². The van der Waals surface area contributed by atoms with E-state index in [1.165, 1.54) is 0 Å². The van der Waals surface area contributed by atoms with Gasteiger partial charge in [0.05, 0.1) is 20.5 Å². The lowest BCUT2D eigenvalue weighted by atomic mass is 9.38. The summed E-state index contributed by atoms with van der Waals surface area (Å²) in [7, 11) is -3.84. The van der Waals surface area contributed by atoms with Crippen LogP contribution in [0.5, 0.6) is 0 Å². The van der Waals surface area contributed by atoms with E-state index in [9.17, 15) is 22.0 Å². The van der Waals surface area contributed by atoms with Gasteiger partial charge in [-0.2, -0.15) is 4.31 Å². The molecule has 4 aliphatic carbocycles. The maximum Gasteiger partial charge on any atom is 0.248 e. The first kappa shape index (κ1) is 28.1. The van der Waals surface area contributed by atoms with Crippen LogP contribution >= 0.6 is 23.2 Å². The van der Waals surface area contributed by atoms with Gasteiger partial charge in [0, 0.05) is 36.8 Å². The quantitative estimate of drug-likeness (QED) is 0.364. The van der Waals surface area contributed by atoms with Crippen molar-refractivity contribution in [3.63, 3.8) is 0 Å². The Labute approximate surface area is 243 Å². The monoisotopic (exact) mass is 609 g/mol. The van der Waals surface area contributed by atoms with Crippen molar-refractivity contribution in [1.29, 1.82) is 0 Å². The second-order valence-electron chi connectivity index (χ2n) is 12.6. The highest BCUT2D eigenvalue weighted by atomic mass is 35.5. The van der Waals surface area contributed by atoms with Crippen LogP contribution in [0.25, 0.3) is 0 Å². The highest BCUT2D eigenvalue weighted by Crippen LogP contribution is 2.71. The summed E-state index contributed by atoms with van der Waals surface area (Å²) in [5.41, 5.74) is -0.832. The molecule has 7 rings (SSSR count). The number of aliphatic imine (C=N–C) groups is 1. The molecule has 1 atom stereocenters. The number of alkyl halides is 2. The number of benzene rings is 2. The summed E-state index contributed by atoms with van der Waals surface area (Å²) in [6.07, 6.45) is 1.34. The van der Waals surface area contributed by atoms with Crippen LogP contribution < -0.4 is 5.32 Å². The molecular formula is C29H31Cl2F2N3O3S. The molecular weight excluding hydrogens is 579 g/mol. The van der Waals surface area contributed by atoms with Crippen LogP contribution in [0.3, 0.4) is 0 Å². The predicted octanol–water partition coefficient (Wildman–Crippen LogP) is 6.26. The molecule has 0 radical (unpaired) electrons. The molecule has 5 aliphatic rings. The predicted molar refractivity (Wildman–Crippen MR) is 150 cm³/mol. The summed E-state index contributed by atoms with van der Waals surface area (Å²) in [4.78, 5) is 18.1. The lowest BCUT2D eigenvalue weighted by Crippen LogP contribution is -2.78. The Morgan fingerprint density at radius 2 is 1.70 bits per heavy atom. The van der Waals surface area contributed by atoms with E-state index in [0.717, 1.165) is 11.4 Å². The second kappa shape index (κ2) is 9.21. The molecule has 40 heavy (non-hydrogen) atoms. The third-order valence-corrected chi connectivity index (χ3v) is 11.7. The zero-order valence-corrected chi connectivity index (χ0v) is 24.6. The van der Waals surface area contributed by atoms with Gasteiger partial charge in [-0.1, -0.05) is 47.5 Å². The van der Waals surface area contributed by atoms with E-state index < -0.39 is 33.1 Å². The van der Waals surface area contributed by atoms with Crippen molar-refractivity contribution in [2.45, 2.75) is 86.9 Å². The van der Waals surface area contributed by atoms with Crippen molar-refractivity contribution in [3.05, 3.63) is 64.1 Å². The Morgan fingerprint density at radius 3 is 2.30 bits per heavy atom. The Morgan fingerprint density at radius 1 is 1.05 bits per heavy atom. The Kier molecular flexibility index (Phi) is 6.47. The topological polar surface area (TPSA) is 78.8 Å². The van der Waals surface area contributed by atoms with E-state index in [-0.39, 0.29) is 47.8 Å². The third kappa shape index (κ3) is 4.57. The minimum Gasteiger partial charge on any atom is -0.366 e. The number of amidine groups is 1. The van der Waals surface area contributed by atoms with E-state index in [4.69, 9.17) is 28.2 Å². The first-order valence-electron chi connectivity index (χ1n) is 13.4. The lowest BCUT2D eigenvalue weighted by molar-refractivity contribution is -0.151. The first-order valence-corrected chi connectivity index (χ1v) is 15.6. The Bertz CT molecular complexity index is 1490. The normalized spacial score (nSPS) is 30.1. The minimum absolute atomic E-state index is 0.103. The highest BCUT2D eigenvalue weighted by molar-refractivity contribution is 7.89. The van der Waals surface area contributed by atoms with Gasteiger partial charge in [-0.05, 0) is 68.9 Å². The smallest absolute Gasteiger partial charge is 0.248 e. The Hall–Kier alpha value is -2.07. The Balaban J connectivity index is 1.23. The van der Waals surface area contributed by atoms with Gasteiger partial charge in [0.15, 0.2) is 5.78 Å². The number of carbonyl (C=O) groups excluding carboxylic acids is 1. The zero-order valence-electron chi connectivity index (χ0n) is 22.3. The van der Waals surface area contributed by atoms with E-state index in [1.807, 2.05) is 13.8 Å². The largest absolute Gasteiger partial charge is 0.366 e. The number of carbonyl (C=O) groups is 1. The van der Waals surface area contributed by atoms with Crippen molar-refractivity contribution >= 4 is 44.8 Å². The van der Waals surface area contributed by atoms with Gasteiger partial charge >= 0.3 is 0 Å². The first-order chi connectivity index (χ1) is 18.6. The number of nitrogens with zero attached hydrogens (tertiary/aromatic N) is 2. The SMILES string of the molecule is CC1(C)NC(C23CC(N(Cc4ccc(Cl)c(Cl)c4)S(=O)(=O)c4ccccc4)(C2)C3)=N[C@H]1C(=O)CC1CC(F)(F)C1. The van der Waals surface area contributed by atoms with Gasteiger partial charge in [-0.15, -0.1) is 0 Å². The molecule has 0 saturated heterocycles. The maximum atomic E-state index is 13.9. The second-order valence-corrected chi connectivity index (χ2v) is 15.3. The third-order valence-electron chi connectivity index (χ3n) is 9.03. The fourth-order valence-electron chi connectivity index (χ4n) is 7.05. The number of halogens is 4. The lowest BCUT2D eigenvalue weighted by Gasteiger charge is -2.73. The fraction of sp³-hybridized carbons (Fsp3) is 0.517. The van der Waals surface area contributed by atoms with Gasteiger partial charge in [0.25, 0.3) is 0 Å². The van der Waals surface area contributed by atoms with Crippen molar-refractivity contribution in [3.8, 4) is 0 Å². The molecule has 11 heteroatoms. The molecule has 0 unspecified atom stereocenters. The molecule has 2 bridgehead atoms. The molecule has 4 saturated carbocycles. The molecule has 4 fully saturated rings. The molecule has 1 N–H and O–H groups in total. The average molecular weight is 611 g/mol. The van der Waals surface area contributed by atoms with Gasteiger partial charge in [0.1, 0.15) is 11.9 Å². The maximum absolute atomic E-state index is 13.9. The molecule has 1 heterocycles. The fourth-order valence-corrected chi connectivity index (χ4v) is 9.15. The molecule has 0 spiro atoms. The number of ketones is 1. The molecule has 0 amide bonds. The standard InChI is InChI=1S/C29H31Cl2F2N3O3S/c1-26(2)24(23(37)11-19-12-29(32,33)13-19)34-25(35-26)27-15-28(16-27,17-27)36(14-18-8-9-21(30)22(31)10-18)40(38,39)20-6-4-3-5-7-20/h3-10,19,24H,11-17H2,1-2H3,(H,34,35)/t24-,27?,28?/m0/s1. The molecule has 214 valence electrons. The van der Waals surface area contributed by atoms with E-state index in [2.05, 4.69) is 5.32 Å². The van der Waals surface area contributed by atoms with Gasteiger partial charge in [-0.3, -0.25) is 9.79 Å². The molecule has 6 nitrogen and oxygen atoms in total. The average Bonchev–Trinajstić information content (AvgIpc) is 3.13. The molecule has 1 aliphatic heterocycles. The van der Waals surface area contributed by atoms with Crippen molar-refractivity contribution in [1.82, 2.24) is 9.62 Å². The number of hydrogen-bond donors (Lipinski definition) is 1. The van der Waals surface area contributed by atoms with Gasteiger partial charge in [0.2, 0.25) is 15.9 Å².